The van der Waals surface area contributed by atoms with Gasteiger partial charge >= 0.3 is 0 Å². The zero-order valence-electron chi connectivity index (χ0n) is 9.56. The van der Waals surface area contributed by atoms with Crippen molar-refractivity contribution in [3.05, 3.63) is 34.6 Å². The zero-order chi connectivity index (χ0) is 11.0. The topological polar surface area (TPSA) is 12.0 Å². The van der Waals surface area contributed by atoms with Crippen molar-refractivity contribution in [1.29, 1.82) is 0 Å². The van der Waals surface area contributed by atoms with Crippen LogP contribution < -0.4 is 5.32 Å². The molecular weight excluding hydrogens is 201 g/mol. The highest BCUT2D eigenvalue weighted by Crippen LogP contribution is 2.26. The van der Waals surface area contributed by atoms with E-state index in [9.17, 15) is 4.39 Å². The molecule has 1 nitrogen and oxygen atoms in total. The van der Waals surface area contributed by atoms with Crippen molar-refractivity contribution >= 4 is 0 Å². The van der Waals surface area contributed by atoms with Crippen LogP contribution in [0.1, 0.15) is 36.0 Å². The van der Waals surface area contributed by atoms with Crippen LogP contribution >= 0.6 is 0 Å². The molecule has 0 bridgehead atoms. The van der Waals surface area contributed by atoms with Crippen LogP contribution in [0.5, 0.6) is 0 Å². The molecule has 1 unspecified atom stereocenters. The van der Waals surface area contributed by atoms with Gasteiger partial charge in [0.2, 0.25) is 0 Å². The van der Waals surface area contributed by atoms with Crippen LogP contribution in [0.3, 0.4) is 0 Å². The summed E-state index contributed by atoms with van der Waals surface area (Å²) in [6.45, 7) is 1.09. The van der Waals surface area contributed by atoms with Crippen LogP contribution in [-0.4, -0.2) is 12.6 Å². The van der Waals surface area contributed by atoms with E-state index >= 15 is 0 Å². The molecule has 1 fully saturated rings. The molecule has 1 saturated heterocycles. The van der Waals surface area contributed by atoms with Gasteiger partial charge in [-0.2, -0.15) is 0 Å². The Kier molecular flexibility index (Phi) is 2.68. The summed E-state index contributed by atoms with van der Waals surface area (Å²) in [6, 6.07) is 4.37. The van der Waals surface area contributed by atoms with Crippen molar-refractivity contribution in [2.24, 2.45) is 0 Å². The molecule has 1 N–H and O–H groups in total. The van der Waals surface area contributed by atoms with Gasteiger partial charge in [-0.15, -0.1) is 0 Å². The van der Waals surface area contributed by atoms with E-state index in [2.05, 4.69) is 11.4 Å². The lowest BCUT2D eigenvalue weighted by Crippen LogP contribution is -2.24. The van der Waals surface area contributed by atoms with Crippen LogP contribution in [0.2, 0.25) is 0 Å². The van der Waals surface area contributed by atoms with Gasteiger partial charge in [-0.1, -0.05) is 6.07 Å². The molecule has 16 heavy (non-hydrogen) atoms. The quantitative estimate of drug-likeness (QED) is 0.806. The van der Waals surface area contributed by atoms with Crippen molar-refractivity contribution in [2.45, 2.75) is 44.6 Å². The fraction of sp³-hybridized carbons (Fsp3) is 0.571. The van der Waals surface area contributed by atoms with Crippen LogP contribution in [0.4, 0.5) is 4.39 Å². The number of halogens is 1. The van der Waals surface area contributed by atoms with Crippen molar-refractivity contribution < 1.29 is 4.39 Å². The average molecular weight is 219 g/mol. The molecule has 1 aliphatic carbocycles. The van der Waals surface area contributed by atoms with E-state index in [0.717, 1.165) is 31.4 Å². The van der Waals surface area contributed by atoms with Gasteiger partial charge in [0.25, 0.3) is 0 Å². The molecule has 1 aromatic carbocycles. The van der Waals surface area contributed by atoms with E-state index in [0.29, 0.717) is 6.04 Å². The minimum atomic E-state index is 0.00866. The molecule has 1 aliphatic heterocycles. The van der Waals surface area contributed by atoms with E-state index in [1.807, 2.05) is 0 Å². The highest BCUT2D eigenvalue weighted by atomic mass is 19.1. The van der Waals surface area contributed by atoms with Crippen LogP contribution in [0.15, 0.2) is 12.1 Å². The third kappa shape index (κ3) is 1.86. The van der Waals surface area contributed by atoms with Crippen LogP contribution in [0.25, 0.3) is 0 Å². The third-order valence-corrected chi connectivity index (χ3v) is 3.89. The number of benzene rings is 1. The fourth-order valence-electron chi connectivity index (χ4n) is 3.00. The predicted octanol–water partition coefficient (Wildman–Crippen LogP) is 2.61. The SMILES string of the molecule is Fc1cc2c(cc1CC1CCCN1)CCC2. The highest BCUT2D eigenvalue weighted by molar-refractivity contribution is 5.36. The number of fused-ring (bicyclic) bond motifs is 1. The third-order valence-electron chi connectivity index (χ3n) is 3.89. The van der Waals surface area contributed by atoms with Crippen molar-refractivity contribution in [3.8, 4) is 0 Å². The lowest BCUT2D eigenvalue weighted by Gasteiger charge is -2.12. The number of hydrogen-bond acceptors (Lipinski definition) is 1. The first-order valence-corrected chi connectivity index (χ1v) is 6.36. The Morgan fingerprint density at radius 3 is 2.75 bits per heavy atom. The highest BCUT2D eigenvalue weighted by Gasteiger charge is 2.19. The summed E-state index contributed by atoms with van der Waals surface area (Å²) in [5.41, 5.74) is 3.54. The lowest BCUT2D eigenvalue weighted by atomic mass is 9.99. The Morgan fingerprint density at radius 2 is 2.00 bits per heavy atom. The van der Waals surface area contributed by atoms with Gasteiger partial charge in [-0.3, -0.25) is 0 Å². The Hall–Kier alpha value is -0.890. The van der Waals surface area contributed by atoms with Gasteiger partial charge in [0.1, 0.15) is 5.82 Å². The van der Waals surface area contributed by atoms with Crippen LogP contribution in [-0.2, 0) is 19.3 Å². The second-order valence-corrected chi connectivity index (χ2v) is 5.06. The number of hydrogen-bond donors (Lipinski definition) is 1. The van der Waals surface area contributed by atoms with E-state index < -0.39 is 0 Å². The van der Waals surface area contributed by atoms with Gasteiger partial charge in [-0.05, 0) is 67.8 Å². The van der Waals surface area contributed by atoms with E-state index in [1.165, 1.54) is 30.4 Å². The smallest absolute Gasteiger partial charge is 0.126 e. The summed E-state index contributed by atoms with van der Waals surface area (Å²) in [5.74, 6) is 0.00866. The van der Waals surface area contributed by atoms with Gasteiger partial charge in [0, 0.05) is 6.04 Å². The van der Waals surface area contributed by atoms with E-state index in [1.54, 1.807) is 6.07 Å². The van der Waals surface area contributed by atoms with E-state index in [4.69, 9.17) is 0 Å². The average Bonchev–Trinajstić information content (AvgIpc) is 2.89. The van der Waals surface area contributed by atoms with Crippen LogP contribution in [0, 0.1) is 5.82 Å². The Morgan fingerprint density at radius 1 is 1.19 bits per heavy atom. The molecule has 0 saturated carbocycles. The first-order chi connectivity index (χ1) is 7.83. The molecule has 0 aromatic heterocycles. The molecule has 0 radical (unpaired) electrons. The molecule has 2 heteroatoms. The fourth-order valence-corrected chi connectivity index (χ4v) is 3.00. The first-order valence-electron chi connectivity index (χ1n) is 6.36. The van der Waals surface area contributed by atoms with Gasteiger partial charge in [0.05, 0.1) is 0 Å². The summed E-state index contributed by atoms with van der Waals surface area (Å²) in [5, 5.41) is 3.43. The molecular formula is C14H18FN. The summed E-state index contributed by atoms with van der Waals surface area (Å²) >= 11 is 0. The van der Waals surface area contributed by atoms with Gasteiger partial charge in [-0.25, -0.2) is 4.39 Å². The predicted molar refractivity (Wildman–Crippen MR) is 63.2 cm³/mol. The maximum Gasteiger partial charge on any atom is 0.126 e. The number of aryl methyl sites for hydroxylation is 2. The standard InChI is InChI=1S/C14H18FN/c15-14-9-11-4-1-3-10(11)7-12(14)8-13-5-2-6-16-13/h7,9,13,16H,1-6,8H2. The molecule has 1 heterocycles. The number of nitrogens with one attached hydrogen (secondary N) is 1. The normalized spacial score (nSPS) is 23.7. The second-order valence-electron chi connectivity index (χ2n) is 5.06. The van der Waals surface area contributed by atoms with E-state index in [-0.39, 0.29) is 5.82 Å². The molecule has 1 atom stereocenters. The van der Waals surface area contributed by atoms with Gasteiger partial charge in [0.15, 0.2) is 0 Å². The summed E-state index contributed by atoms with van der Waals surface area (Å²) in [7, 11) is 0. The molecule has 0 spiro atoms. The minimum absolute atomic E-state index is 0.00866. The Bertz CT molecular complexity index is 394. The summed E-state index contributed by atoms with van der Waals surface area (Å²) < 4.78 is 13.9. The summed E-state index contributed by atoms with van der Waals surface area (Å²) in [6.07, 6.45) is 6.68. The Labute approximate surface area is 96.1 Å². The largest absolute Gasteiger partial charge is 0.314 e. The minimum Gasteiger partial charge on any atom is -0.314 e. The Balaban J connectivity index is 1.83. The van der Waals surface area contributed by atoms with Crippen molar-refractivity contribution in [2.75, 3.05) is 6.54 Å². The zero-order valence-corrected chi connectivity index (χ0v) is 9.56. The summed E-state index contributed by atoms with van der Waals surface area (Å²) in [4.78, 5) is 0. The maximum absolute atomic E-state index is 13.9. The molecule has 2 aliphatic rings. The number of rotatable bonds is 2. The molecule has 1 aromatic rings. The van der Waals surface area contributed by atoms with Crippen molar-refractivity contribution in [1.82, 2.24) is 5.32 Å². The monoisotopic (exact) mass is 219 g/mol. The van der Waals surface area contributed by atoms with Crippen molar-refractivity contribution in [3.63, 3.8) is 0 Å². The van der Waals surface area contributed by atoms with Gasteiger partial charge < -0.3 is 5.32 Å². The molecule has 86 valence electrons. The molecule has 0 amide bonds. The maximum atomic E-state index is 13.9. The molecule has 3 rings (SSSR count). The first kappa shape index (κ1) is 10.3. The lowest BCUT2D eigenvalue weighted by molar-refractivity contribution is 0.559. The second kappa shape index (κ2) is 4.17.